The van der Waals surface area contributed by atoms with Crippen molar-refractivity contribution in [2.45, 2.75) is 25.6 Å². The zero-order valence-corrected chi connectivity index (χ0v) is 17.9. The Hall–Kier alpha value is -3.70. The molecule has 1 amide bonds. The van der Waals surface area contributed by atoms with Gasteiger partial charge in [0, 0.05) is 32.4 Å². The van der Waals surface area contributed by atoms with Crippen LogP contribution in [-0.2, 0) is 26.7 Å². The van der Waals surface area contributed by atoms with Crippen LogP contribution in [0.1, 0.15) is 40.3 Å². The van der Waals surface area contributed by atoms with Crippen LogP contribution in [0.4, 0.5) is 17.6 Å². The summed E-state index contributed by atoms with van der Waals surface area (Å²) in [6.07, 6.45) is -1.27. The molecule has 0 aliphatic carbocycles. The fourth-order valence-electron chi connectivity index (χ4n) is 4.50. The van der Waals surface area contributed by atoms with Gasteiger partial charge in [-0.25, -0.2) is 8.91 Å². The Balaban J connectivity index is 1.52. The molecule has 0 unspecified atom stereocenters. The molecular formula is C21H19F4N7O. The molecule has 0 aromatic carbocycles. The smallest absolute Gasteiger partial charge is 0.330 e. The normalized spacial score (nSPS) is 16.5. The summed E-state index contributed by atoms with van der Waals surface area (Å²) >= 11 is 0. The number of carbonyl (C=O) groups excluding carboxylic acids is 1. The van der Waals surface area contributed by atoms with Gasteiger partial charge in [0.25, 0.3) is 5.91 Å². The average Bonchev–Trinajstić information content (AvgIpc) is 3.43. The van der Waals surface area contributed by atoms with Crippen molar-refractivity contribution < 1.29 is 22.4 Å². The van der Waals surface area contributed by atoms with Crippen molar-refractivity contribution in [2.75, 3.05) is 6.54 Å². The van der Waals surface area contributed by atoms with Crippen molar-refractivity contribution >= 4 is 11.4 Å². The van der Waals surface area contributed by atoms with Gasteiger partial charge in [-0.1, -0.05) is 0 Å². The topological polar surface area (TPSA) is 73.2 Å². The summed E-state index contributed by atoms with van der Waals surface area (Å²) in [5.74, 6) is -0.947. The van der Waals surface area contributed by atoms with Crippen molar-refractivity contribution in [3.63, 3.8) is 0 Å². The van der Waals surface area contributed by atoms with Gasteiger partial charge in [0.1, 0.15) is 22.7 Å². The second-order valence-electron chi connectivity index (χ2n) is 8.00. The number of hydrogen-bond donors (Lipinski definition) is 0. The van der Waals surface area contributed by atoms with E-state index in [2.05, 4.69) is 15.3 Å². The maximum atomic E-state index is 14.4. The summed E-state index contributed by atoms with van der Waals surface area (Å²) in [7, 11) is 2.88. The van der Waals surface area contributed by atoms with E-state index in [9.17, 15) is 22.4 Å². The van der Waals surface area contributed by atoms with E-state index in [1.807, 2.05) is 0 Å². The van der Waals surface area contributed by atoms with Gasteiger partial charge in [0.05, 0.1) is 29.2 Å². The van der Waals surface area contributed by atoms with Crippen molar-refractivity contribution in [2.24, 2.45) is 14.1 Å². The Labute approximate surface area is 185 Å². The molecular weight excluding hydrogens is 442 g/mol. The van der Waals surface area contributed by atoms with Gasteiger partial charge in [-0.15, -0.1) is 0 Å². The lowest BCUT2D eigenvalue weighted by Gasteiger charge is -2.32. The number of hydrogen-bond acceptors (Lipinski definition) is 4. The highest BCUT2D eigenvalue weighted by Gasteiger charge is 2.38. The molecule has 0 N–H and O–H groups in total. The first-order valence-corrected chi connectivity index (χ1v) is 10.2. The summed E-state index contributed by atoms with van der Waals surface area (Å²) in [5, 5.41) is 12.6. The fraction of sp³-hybridized carbons (Fsp3) is 0.333. The Bertz CT molecular complexity index is 1400. The number of aromatic nitrogens is 6. The number of carbonyl (C=O) groups is 1. The summed E-state index contributed by atoms with van der Waals surface area (Å²) in [6.45, 7) is 2.07. The molecule has 0 spiro atoms. The van der Waals surface area contributed by atoms with E-state index in [-0.39, 0.29) is 23.3 Å². The van der Waals surface area contributed by atoms with E-state index in [0.29, 0.717) is 17.8 Å². The van der Waals surface area contributed by atoms with Gasteiger partial charge in [-0.05, 0) is 31.5 Å². The molecule has 0 fully saturated rings. The Morgan fingerprint density at radius 3 is 2.64 bits per heavy atom. The first-order chi connectivity index (χ1) is 15.6. The largest absolute Gasteiger partial charge is 0.433 e. The SMILES string of the molecule is C[C@H]1c2nn(C)c(-c3cc(C(F)(F)F)n(C)n3)c2CCN1C(=O)c1cnn2cccc(F)c12. The van der Waals surface area contributed by atoms with Crippen LogP contribution in [0.15, 0.2) is 30.6 Å². The number of pyridine rings is 1. The molecule has 172 valence electrons. The van der Waals surface area contributed by atoms with Gasteiger partial charge in [-0.3, -0.25) is 14.2 Å². The Morgan fingerprint density at radius 2 is 1.94 bits per heavy atom. The predicted molar refractivity (Wildman–Crippen MR) is 109 cm³/mol. The summed E-state index contributed by atoms with van der Waals surface area (Å²) < 4.78 is 57.7. The number of nitrogens with zero attached hydrogens (tertiary/aromatic N) is 7. The molecule has 0 radical (unpaired) electrons. The van der Waals surface area contributed by atoms with E-state index in [1.54, 1.807) is 25.1 Å². The Kier molecular flexibility index (Phi) is 4.59. The third-order valence-corrected chi connectivity index (χ3v) is 6.04. The van der Waals surface area contributed by atoms with Crippen molar-refractivity contribution in [3.05, 3.63) is 58.9 Å². The molecule has 5 heterocycles. The first-order valence-electron chi connectivity index (χ1n) is 10.2. The van der Waals surface area contributed by atoms with E-state index < -0.39 is 29.6 Å². The predicted octanol–water partition coefficient (Wildman–Crippen LogP) is 3.39. The van der Waals surface area contributed by atoms with Crippen LogP contribution in [0.2, 0.25) is 0 Å². The van der Waals surface area contributed by atoms with Crippen LogP contribution in [0.25, 0.3) is 16.9 Å². The molecule has 0 saturated heterocycles. The highest BCUT2D eigenvalue weighted by molar-refractivity contribution is 6.01. The third-order valence-electron chi connectivity index (χ3n) is 6.04. The lowest BCUT2D eigenvalue weighted by Crippen LogP contribution is -2.39. The van der Waals surface area contributed by atoms with Crippen LogP contribution < -0.4 is 0 Å². The zero-order valence-electron chi connectivity index (χ0n) is 17.9. The molecule has 0 bridgehead atoms. The van der Waals surface area contributed by atoms with E-state index in [0.717, 1.165) is 16.3 Å². The zero-order chi connectivity index (χ0) is 23.7. The second-order valence-corrected chi connectivity index (χ2v) is 8.00. The molecule has 1 aliphatic rings. The third kappa shape index (κ3) is 3.19. The summed E-state index contributed by atoms with van der Waals surface area (Å²) in [4.78, 5) is 14.9. The standard InChI is InChI=1S/C21H19F4N7O/c1-11-17-12(19(30(3)28-17)15-9-16(21(23,24)25)29(2)27-15)6-8-31(11)20(33)13-10-26-32-7-4-5-14(22)18(13)32/h4-5,7,9-11H,6,8H2,1-3H3/t11-/m0/s1. The average molecular weight is 461 g/mol. The number of halogens is 4. The van der Waals surface area contributed by atoms with Crippen LogP contribution in [0.5, 0.6) is 0 Å². The van der Waals surface area contributed by atoms with Crippen molar-refractivity contribution in [1.29, 1.82) is 0 Å². The van der Waals surface area contributed by atoms with E-state index >= 15 is 0 Å². The van der Waals surface area contributed by atoms with Crippen LogP contribution in [-0.4, -0.2) is 46.5 Å². The monoisotopic (exact) mass is 461 g/mol. The summed E-state index contributed by atoms with van der Waals surface area (Å²) in [6, 6.07) is 3.28. The van der Waals surface area contributed by atoms with E-state index in [4.69, 9.17) is 0 Å². The molecule has 0 saturated carbocycles. The fourth-order valence-corrected chi connectivity index (χ4v) is 4.50. The van der Waals surface area contributed by atoms with Crippen LogP contribution in [0, 0.1) is 5.82 Å². The maximum Gasteiger partial charge on any atom is 0.433 e. The number of rotatable bonds is 2. The molecule has 12 heteroatoms. The van der Waals surface area contributed by atoms with Crippen LogP contribution >= 0.6 is 0 Å². The lowest BCUT2D eigenvalue weighted by molar-refractivity contribution is -0.143. The lowest BCUT2D eigenvalue weighted by atomic mass is 9.96. The van der Waals surface area contributed by atoms with Crippen molar-refractivity contribution in [3.8, 4) is 11.4 Å². The molecule has 5 rings (SSSR count). The van der Waals surface area contributed by atoms with E-state index in [1.165, 1.54) is 34.6 Å². The molecule has 1 atom stereocenters. The van der Waals surface area contributed by atoms with Gasteiger partial charge in [0.15, 0.2) is 0 Å². The number of amides is 1. The maximum absolute atomic E-state index is 14.4. The molecule has 8 nitrogen and oxygen atoms in total. The van der Waals surface area contributed by atoms with Gasteiger partial charge in [-0.2, -0.15) is 28.5 Å². The number of aryl methyl sites for hydroxylation is 2. The second kappa shape index (κ2) is 7.15. The van der Waals surface area contributed by atoms with Gasteiger partial charge in [0.2, 0.25) is 0 Å². The van der Waals surface area contributed by atoms with Gasteiger partial charge < -0.3 is 4.90 Å². The quantitative estimate of drug-likeness (QED) is 0.429. The first kappa shape index (κ1) is 21.2. The minimum atomic E-state index is -4.53. The summed E-state index contributed by atoms with van der Waals surface area (Å²) in [5.41, 5.74) is 1.34. The molecule has 1 aliphatic heterocycles. The number of alkyl halides is 3. The minimum Gasteiger partial charge on any atom is -0.330 e. The van der Waals surface area contributed by atoms with Crippen LogP contribution in [0.3, 0.4) is 0 Å². The molecule has 4 aromatic heterocycles. The Morgan fingerprint density at radius 1 is 1.18 bits per heavy atom. The molecule has 33 heavy (non-hydrogen) atoms. The van der Waals surface area contributed by atoms with Gasteiger partial charge >= 0.3 is 6.18 Å². The minimum absolute atomic E-state index is 0.0929. The molecule has 4 aromatic rings. The number of fused-ring (bicyclic) bond motifs is 2. The van der Waals surface area contributed by atoms with Crippen molar-refractivity contribution in [1.82, 2.24) is 34.1 Å². The highest BCUT2D eigenvalue weighted by atomic mass is 19.4. The highest BCUT2D eigenvalue weighted by Crippen LogP contribution is 2.38.